The number of hydrogen-bond acceptors (Lipinski definition) is 3. The summed E-state index contributed by atoms with van der Waals surface area (Å²) in [6.45, 7) is 3.72. The number of rotatable bonds is 4. The second kappa shape index (κ2) is 8.79. The minimum atomic E-state index is -0.228. The molecule has 3 rings (SSSR count). The molecule has 1 aromatic rings. The molecule has 2 heterocycles. The minimum absolute atomic E-state index is 0. The van der Waals surface area contributed by atoms with Gasteiger partial charge in [-0.1, -0.05) is 12.1 Å². The molecule has 2 aliphatic rings. The van der Waals surface area contributed by atoms with Crippen LogP contribution in [0.2, 0.25) is 0 Å². The fraction of sp³-hybridized carbons (Fsp3) is 0.611. The second-order valence-corrected chi connectivity index (χ2v) is 6.66. The van der Waals surface area contributed by atoms with E-state index in [0.29, 0.717) is 19.8 Å². The average Bonchev–Trinajstić information content (AvgIpc) is 2.62. The molecule has 0 aliphatic carbocycles. The Balaban J connectivity index is 0.00000208. The van der Waals surface area contributed by atoms with Crippen molar-refractivity contribution >= 4 is 18.3 Å². The molecule has 0 saturated carbocycles. The lowest BCUT2D eigenvalue weighted by Crippen LogP contribution is -2.48. The number of nitrogens with one attached hydrogen (secondary N) is 2. The van der Waals surface area contributed by atoms with Crippen molar-refractivity contribution in [2.75, 3.05) is 32.8 Å². The summed E-state index contributed by atoms with van der Waals surface area (Å²) in [4.78, 5) is 12.4. The number of hydrogen-bond donors (Lipinski definition) is 2. The molecule has 0 spiro atoms. The van der Waals surface area contributed by atoms with Crippen molar-refractivity contribution < 1.29 is 13.9 Å². The summed E-state index contributed by atoms with van der Waals surface area (Å²) >= 11 is 0. The van der Waals surface area contributed by atoms with E-state index in [1.807, 2.05) is 12.1 Å². The molecule has 2 saturated heterocycles. The predicted molar refractivity (Wildman–Crippen MR) is 94.0 cm³/mol. The maximum atomic E-state index is 13.2. The van der Waals surface area contributed by atoms with Crippen molar-refractivity contribution in [2.45, 2.75) is 31.1 Å². The zero-order valence-electron chi connectivity index (χ0n) is 13.9. The molecule has 1 amide bonds. The lowest BCUT2D eigenvalue weighted by molar-refractivity contribution is -0.126. The molecule has 2 aliphatic heterocycles. The van der Waals surface area contributed by atoms with Crippen LogP contribution in [0.5, 0.6) is 0 Å². The summed E-state index contributed by atoms with van der Waals surface area (Å²) < 4.78 is 18.7. The van der Waals surface area contributed by atoms with Gasteiger partial charge in [0.05, 0.1) is 5.92 Å². The summed E-state index contributed by atoms with van der Waals surface area (Å²) in [5, 5.41) is 6.43. The van der Waals surface area contributed by atoms with Gasteiger partial charge in [-0.15, -0.1) is 12.4 Å². The van der Waals surface area contributed by atoms with Crippen LogP contribution in [0.15, 0.2) is 24.3 Å². The van der Waals surface area contributed by atoms with Crippen molar-refractivity contribution in [2.24, 2.45) is 5.92 Å². The lowest BCUT2D eigenvalue weighted by Gasteiger charge is -2.38. The molecular formula is C18H26ClFN2O2. The molecule has 24 heavy (non-hydrogen) atoms. The van der Waals surface area contributed by atoms with Crippen molar-refractivity contribution in [1.29, 1.82) is 0 Å². The molecule has 0 bridgehead atoms. The van der Waals surface area contributed by atoms with Crippen LogP contribution in [0.1, 0.15) is 31.2 Å². The van der Waals surface area contributed by atoms with E-state index in [1.54, 1.807) is 0 Å². The molecule has 4 nitrogen and oxygen atoms in total. The predicted octanol–water partition coefficient (Wildman–Crippen LogP) is 2.41. The normalized spacial score (nSPS) is 23.1. The fourth-order valence-electron chi connectivity index (χ4n) is 3.61. The van der Waals surface area contributed by atoms with E-state index in [1.165, 1.54) is 12.1 Å². The first-order chi connectivity index (χ1) is 11.2. The van der Waals surface area contributed by atoms with Gasteiger partial charge in [0.1, 0.15) is 5.82 Å². The SMILES string of the molecule is Cl.O=C(NCC1(c2ccc(F)cc2)CCOCC1)C1CCCNC1. The van der Waals surface area contributed by atoms with Gasteiger partial charge in [0.25, 0.3) is 0 Å². The number of carbonyl (C=O) groups excluding carboxylic acids is 1. The van der Waals surface area contributed by atoms with Gasteiger partial charge in [-0.3, -0.25) is 4.79 Å². The highest BCUT2D eigenvalue weighted by Crippen LogP contribution is 2.34. The molecule has 2 fully saturated rings. The third-order valence-electron chi connectivity index (χ3n) is 5.18. The van der Waals surface area contributed by atoms with Crippen molar-refractivity contribution in [3.05, 3.63) is 35.6 Å². The quantitative estimate of drug-likeness (QED) is 0.871. The van der Waals surface area contributed by atoms with Crippen molar-refractivity contribution in [1.82, 2.24) is 10.6 Å². The third-order valence-corrected chi connectivity index (χ3v) is 5.18. The molecule has 2 N–H and O–H groups in total. The first kappa shape index (κ1) is 19.2. The van der Waals surface area contributed by atoms with Gasteiger partial charge in [0, 0.05) is 31.7 Å². The van der Waals surface area contributed by atoms with E-state index in [-0.39, 0.29) is 35.5 Å². The number of halogens is 2. The zero-order valence-corrected chi connectivity index (χ0v) is 14.7. The van der Waals surface area contributed by atoms with Crippen LogP contribution < -0.4 is 10.6 Å². The highest BCUT2D eigenvalue weighted by atomic mass is 35.5. The van der Waals surface area contributed by atoms with Gasteiger partial charge >= 0.3 is 0 Å². The van der Waals surface area contributed by atoms with Gasteiger partial charge in [0.2, 0.25) is 5.91 Å². The largest absolute Gasteiger partial charge is 0.381 e. The number of ether oxygens (including phenoxy) is 1. The highest BCUT2D eigenvalue weighted by Gasteiger charge is 2.35. The van der Waals surface area contributed by atoms with Crippen LogP contribution in [-0.2, 0) is 14.9 Å². The summed E-state index contributed by atoms with van der Waals surface area (Å²) in [5.74, 6) is -0.0349. The second-order valence-electron chi connectivity index (χ2n) is 6.66. The first-order valence-electron chi connectivity index (χ1n) is 8.52. The Hall–Kier alpha value is -1.17. The van der Waals surface area contributed by atoms with E-state index in [4.69, 9.17) is 4.74 Å². The molecule has 1 aromatic carbocycles. The van der Waals surface area contributed by atoms with E-state index in [0.717, 1.165) is 44.3 Å². The van der Waals surface area contributed by atoms with Gasteiger partial charge in [-0.05, 0) is 49.9 Å². The van der Waals surface area contributed by atoms with Crippen LogP contribution in [0.25, 0.3) is 0 Å². The van der Waals surface area contributed by atoms with E-state index >= 15 is 0 Å². The maximum Gasteiger partial charge on any atom is 0.224 e. The van der Waals surface area contributed by atoms with Crippen LogP contribution in [0.4, 0.5) is 4.39 Å². The van der Waals surface area contributed by atoms with Crippen LogP contribution in [0.3, 0.4) is 0 Å². The fourth-order valence-corrected chi connectivity index (χ4v) is 3.61. The molecule has 134 valence electrons. The van der Waals surface area contributed by atoms with Gasteiger partial charge in [0.15, 0.2) is 0 Å². The van der Waals surface area contributed by atoms with Crippen LogP contribution in [-0.4, -0.2) is 38.8 Å². The summed E-state index contributed by atoms with van der Waals surface area (Å²) in [5.41, 5.74) is 0.938. The van der Waals surface area contributed by atoms with E-state index < -0.39 is 0 Å². The number of amides is 1. The molecule has 1 atom stereocenters. The molecule has 6 heteroatoms. The molecule has 0 radical (unpaired) electrons. The Morgan fingerprint density at radius 3 is 2.62 bits per heavy atom. The van der Waals surface area contributed by atoms with Crippen LogP contribution in [0, 0.1) is 11.7 Å². The maximum absolute atomic E-state index is 13.2. The van der Waals surface area contributed by atoms with Crippen LogP contribution >= 0.6 is 12.4 Å². The van der Waals surface area contributed by atoms with Crippen molar-refractivity contribution in [3.8, 4) is 0 Å². The Kier molecular flexibility index (Phi) is 7.02. The summed E-state index contributed by atoms with van der Waals surface area (Å²) in [7, 11) is 0. The van der Waals surface area contributed by atoms with Crippen molar-refractivity contribution in [3.63, 3.8) is 0 Å². The summed E-state index contributed by atoms with van der Waals surface area (Å²) in [6, 6.07) is 6.68. The average molecular weight is 357 g/mol. The smallest absolute Gasteiger partial charge is 0.224 e. The standard InChI is InChI=1S/C18H25FN2O2.ClH/c19-16-5-3-15(4-6-16)18(7-10-23-11-8-18)13-21-17(22)14-2-1-9-20-12-14;/h3-6,14,20H,1-2,7-13H2,(H,21,22);1H. The third kappa shape index (κ3) is 4.47. The number of piperidine rings is 1. The zero-order chi connectivity index (χ0) is 16.1. The highest BCUT2D eigenvalue weighted by molar-refractivity contribution is 5.85. The number of carbonyl (C=O) groups is 1. The van der Waals surface area contributed by atoms with E-state index in [9.17, 15) is 9.18 Å². The number of benzene rings is 1. The van der Waals surface area contributed by atoms with Gasteiger partial charge < -0.3 is 15.4 Å². The Bertz CT molecular complexity index is 526. The molecule has 1 unspecified atom stereocenters. The Labute approximate surface area is 148 Å². The monoisotopic (exact) mass is 356 g/mol. The lowest BCUT2D eigenvalue weighted by atomic mass is 9.74. The van der Waals surface area contributed by atoms with Gasteiger partial charge in [-0.25, -0.2) is 4.39 Å². The Morgan fingerprint density at radius 2 is 2.00 bits per heavy atom. The van der Waals surface area contributed by atoms with Gasteiger partial charge in [-0.2, -0.15) is 0 Å². The Morgan fingerprint density at radius 1 is 1.29 bits per heavy atom. The molecular weight excluding hydrogens is 331 g/mol. The minimum Gasteiger partial charge on any atom is -0.381 e. The molecule has 0 aromatic heterocycles. The topological polar surface area (TPSA) is 50.4 Å². The summed E-state index contributed by atoms with van der Waals surface area (Å²) in [6.07, 6.45) is 3.70. The van der Waals surface area contributed by atoms with E-state index in [2.05, 4.69) is 10.6 Å². The first-order valence-corrected chi connectivity index (χ1v) is 8.52.